The van der Waals surface area contributed by atoms with E-state index in [4.69, 9.17) is 18.8 Å². The maximum absolute atomic E-state index is 13.7. The summed E-state index contributed by atoms with van der Waals surface area (Å²) in [6, 6.07) is 12.7. The summed E-state index contributed by atoms with van der Waals surface area (Å²) in [6.45, 7) is 12.3. The molecule has 0 radical (unpaired) electrons. The third kappa shape index (κ3) is 10.0. The molecule has 74 heavy (non-hydrogen) atoms. The highest BCUT2D eigenvalue weighted by atomic mass is 79.9. The quantitative estimate of drug-likeness (QED) is 0.0724. The minimum atomic E-state index is -3.64. The molecule has 1 unspecified atom stereocenters. The first-order valence-corrected chi connectivity index (χ1v) is 27.4. The van der Waals surface area contributed by atoms with E-state index in [0.717, 1.165) is 97.4 Å². The van der Waals surface area contributed by atoms with E-state index in [-0.39, 0.29) is 12.8 Å². The molecule has 4 saturated heterocycles. The second kappa shape index (κ2) is 21.2. The first-order chi connectivity index (χ1) is 35.6. The Labute approximate surface area is 438 Å². The van der Waals surface area contributed by atoms with Crippen molar-refractivity contribution in [3.05, 3.63) is 87.8 Å². The molecule has 0 bridgehead atoms. The number of halogens is 1. The van der Waals surface area contributed by atoms with Gasteiger partial charge in [-0.2, -0.15) is 10.1 Å². The fourth-order valence-electron chi connectivity index (χ4n) is 10.9. The Balaban J connectivity index is 0.733. The van der Waals surface area contributed by atoms with E-state index in [1.807, 2.05) is 51.5 Å². The number of aryl methyl sites for hydroxylation is 2. The second-order valence-electron chi connectivity index (χ2n) is 19.7. The van der Waals surface area contributed by atoms with E-state index in [2.05, 4.69) is 73.7 Å². The van der Waals surface area contributed by atoms with E-state index in [9.17, 15) is 23.7 Å². The van der Waals surface area contributed by atoms with Gasteiger partial charge in [-0.25, -0.2) is 4.98 Å². The number of nitrogens with one attached hydrogen (secondary N) is 3. The molecule has 10 rings (SSSR count). The van der Waals surface area contributed by atoms with E-state index in [1.54, 1.807) is 30.1 Å². The second-order valence-corrected chi connectivity index (χ2v) is 22.7. The molecule has 0 spiro atoms. The zero-order valence-electron chi connectivity index (χ0n) is 42.5. The molecule has 2 aromatic heterocycles. The lowest BCUT2D eigenvalue weighted by Gasteiger charge is -2.49. The van der Waals surface area contributed by atoms with Crippen molar-refractivity contribution in [2.75, 3.05) is 101 Å². The number of carbonyl (C=O) groups excluding carboxylic acids is 4. The number of nitrogens with zero attached hydrogens (tertiary/aromatic N) is 9. The molecule has 3 aromatic carbocycles. The molecule has 7 heterocycles. The summed E-state index contributed by atoms with van der Waals surface area (Å²) in [4.78, 5) is 71.1. The van der Waals surface area contributed by atoms with E-state index in [0.29, 0.717) is 61.8 Å². The van der Waals surface area contributed by atoms with Gasteiger partial charge in [-0.3, -0.25) is 48.4 Å². The van der Waals surface area contributed by atoms with Crippen molar-refractivity contribution in [1.29, 1.82) is 0 Å². The van der Waals surface area contributed by atoms with E-state index in [1.165, 1.54) is 33.5 Å². The molecule has 5 aliphatic rings. The molecular formula is C52H62BrN12O8P. The maximum atomic E-state index is 13.7. The Morgan fingerprint density at radius 1 is 0.824 bits per heavy atom. The van der Waals surface area contributed by atoms with Crippen LogP contribution in [0.5, 0.6) is 5.75 Å². The largest absolute Gasteiger partial charge is 0.494 e. The molecule has 0 aliphatic carbocycles. The predicted molar refractivity (Wildman–Crippen MR) is 285 cm³/mol. The summed E-state index contributed by atoms with van der Waals surface area (Å²) in [5, 5.41) is 13.9. The number of hydrogen-bond acceptors (Lipinski definition) is 17. The van der Waals surface area contributed by atoms with Crippen molar-refractivity contribution < 1.29 is 37.5 Å². The molecule has 3 N–H and O–H groups in total. The van der Waals surface area contributed by atoms with Crippen LogP contribution in [0.4, 0.5) is 34.5 Å². The number of ether oxygens (including phenoxy) is 1. The average molecular weight is 1090 g/mol. The Morgan fingerprint density at radius 2 is 1.57 bits per heavy atom. The number of amides is 4. The average Bonchev–Trinajstić information content (AvgIpc) is 3.94. The van der Waals surface area contributed by atoms with Gasteiger partial charge in [0.15, 0.2) is 0 Å². The highest BCUT2D eigenvalue weighted by molar-refractivity contribution is 9.10. The standard InChI is InChI=1S/C52H62BrN12O8P/c1-31-7-10-41(47(32(31)2)74(70,72-5)73-6)56-48-40(53)27-54-52(59-48)57-42-24-38(34-26-55-60(3)28-34)44(25-45(42)71-4)63-21-19-61(20-22-63)16-13-33-14-17-62(18-15-33)36-29-64(30-36)35-8-9-37-39(23-35)51(69)65(50(37)68)43-11-12-46(66)58-49(43)67/h7-10,23-28,33,36,43H,11-22,29-30H2,1-6H3,(H,58,66,67)(H2,54,56,57,59). The Morgan fingerprint density at radius 3 is 2.26 bits per heavy atom. The summed E-state index contributed by atoms with van der Waals surface area (Å²) < 4.78 is 33.0. The minimum Gasteiger partial charge on any atom is -0.494 e. The van der Waals surface area contributed by atoms with Crippen molar-refractivity contribution in [1.82, 2.24) is 39.8 Å². The number of piperazine rings is 1. The number of fused-ring (bicyclic) bond motifs is 1. The number of piperidine rings is 2. The maximum Gasteiger partial charge on any atom is 0.363 e. The summed E-state index contributed by atoms with van der Waals surface area (Å²) in [5.41, 5.74) is 7.47. The first-order valence-electron chi connectivity index (χ1n) is 25.1. The molecule has 22 heteroatoms. The normalized spacial score (nSPS) is 19.2. The number of anilines is 6. The number of hydrogen-bond donors (Lipinski definition) is 3. The van der Waals surface area contributed by atoms with Gasteiger partial charge in [-0.1, -0.05) is 6.07 Å². The topological polar surface area (TPSA) is 209 Å². The molecule has 5 aromatic rings. The Bertz CT molecular complexity index is 3050. The van der Waals surface area contributed by atoms with Crippen LogP contribution in [0.1, 0.15) is 63.9 Å². The number of aromatic nitrogens is 4. The smallest absolute Gasteiger partial charge is 0.363 e. The molecule has 4 fully saturated rings. The zero-order chi connectivity index (χ0) is 52.0. The van der Waals surface area contributed by atoms with Crippen molar-refractivity contribution in [2.45, 2.75) is 58.0 Å². The molecule has 1 atom stereocenters. The van der Waals surface area contributed by atoms with E-state index >= 15 is 0 Å². The number of methoxy groups -OCH3 is 1. The Hall–Kier alpha value is -6.22. The highest BCUT2D eigenvalue weighted by Gasteiger charge is 2.45. The van der Waals surface area contributed by atoms with Gasteiger partial charge in [0, 0.05) is 114 Å². The summed E-state index contributed by atoms with van der Waals surface area (Å²) in [5.74, 6) is 0.101. The highest BCUT2D eigenvalue weighted by Crippen LogP contribution is 2.49. The van der Waals surface area contributed by atoms with Crippen LogP contribution < -0.4 is 35.8 Å². The monoisotopic (exact) mass is 1090 g/mol. The van der Waals surface area contributed by atoms with Gasteiger partial charge >= 0.3 is 7.60 Å². The Kier molecular flexibility index (Phi) is 14.7. The van der Waals surface area contributed by atoms with Crippen LogP contribution in [0.15, 0.2) is 65.5 Å². The third-order valence-electron chi connectivity index (χ3n) is 15.4. The van der Waals surface area contributed by atoms with Gasteiger partial charge in [0.25, 0.3) is 11.8 Å². The molecular weight excluding hydrogens is 1030 g/mol. The summed E-state index contributed by atoms with van der Waals surface area (Å²) >= 11 is 3.59. The summed E-state index contributed by atoms with van der Waals surface area (Å²) in [7, 11) is 2.67. The number of likely N-dealkylation sites (tertiary alicyclic amines) is 1. The summed E-state index contributed by atoms with van der Waals surface area (Å²) in [6.07, 6.45) is 9.26. The molecule has 5 aliphatic heterocycles. The lowest BCUT2D eigenvalue weighted by molar-refractivity contribution is -0.136. The first kappa shape index (κ1) is 51.3. The molecule has 20 nitrogen and oxygen atoms in total. The lowest BCUT2D eigenvalue weighted by atomic mass is 9.91. The zero-order valence-corrected chi connectivity index (χ0v) is 45.0. The fourth-order valence-corrected chi connectivity index (χ4v) is 12.7. The van der Waals surface area contributed by atoms with Crippen LogP contribution in [0.2, 0.25) is 0 Å². The third-order valence-corrected chi connectivity index (χ3v) is 18.1. The molecule has 390 valence electrons. The van der Waals surface area contributed by atoms with Crippen LogP contribution in [-0.2, 0) is 30.2 Å². The van der Waals surface area contributed by atoms with Crippen molar-refractivity contribution in [3.8, 4) is 16.9 Å². The van der Waals surface area contributed by atoms with Crippen molar-refractivity contribution >= 4 is 87.0 Å². The van der Waals surface area contributed by atoms with Crippen molar-refractivity contribution in [3.63, 3.8) is 0 Å². The number of carbonyl (C=O) groups is 4. The predicted octanol–water partition coefficient (Wildman–Crippen LogP) is 6.38. The van der Waals surface area contributed by atoms with Gasteiger partial charge in [0.1, 0.15) is 17.6 Å². The fraction of sp³-hybridized carbons (Fsp3) is 0.442. The number of imide groups is 2. The van der Waals surface area contributed by atoms with Gasteiger partial charge in [-0.15, -0.1) is 0 Å². The van der Waals surface area contributed by atoms with Gasteiger partial charge < -0.3 is 34.2 Å². The molecule has 0 saturated carbocycles. The SMILES string of the molecule is COc1cc(N2CCN(CCC3CCN(C4CN(c5ccc6c(c5)C(=O)N(C5CCC(=O)NC5=O)C6=O)C4)CC3)CC2)c(-c2cnn(C)c2)cc1Nc1ncc(Br)c(Nc2ccc(C)c(C)c2P(=O)(OC)OC)n1. The number of benzene rings is 3. The van der Waals surface area contributed by atoms with Crippen LogP contribution in [0.3, 0.4) is 0 Å². The minimum absolute atomic E-state index is 0.0915. The van der Waals surface area contributed by atoms with Crippen LogP contribution >= 0.6 is 23.5 Å². The van der Waals surface area contributed by atoms with Crippen LogP contribution in [0.25, 0.3) is 11.1 Å². The van der Waals surface area contributed by atoms with Gasteiger partial charge in [0.05, 0.1) is 45.6 Å². The lowest BCUT2D eigenvalue weighted by Crippen LogP contribution is -2.61. The number of rotatable bonds is 16. The van der Waals surface area contributed by atoms with E-state index < -0.39 is 37.3 Å². The van der Waals surface area contributed by atoms with Gasteiger partial charge in [0.2, 0.25) is 17.8 Å². The van der Waals surface area contributed by atoms with Crippen LogP contribution in [-0.4, -0.2) is 150 Å². The van der Waals surface area contributed by atoms with Gasteiger partial charge in [-0.05, 0) is 122 Å². The molecule has 4 amide bonds. The van der Waals surface area contributed by atoms with Crippen molar-refractivity contribution in [2.24, 2.45) is 13.0 Å². The van der Waals surface area contributed by atoms with Crippen LogP contribution in [0, 0.1) is 19.8 Å².